The lowest BCUT2D eigenvalue weighted by atomic mass is 9.86. The van der Waals surface area contributed by atoms with E-state index < -0.39 is 0 Å². The van der Waals surface area contributed by atoms with Crippen LogP contribution in [-0.4, -0.2) is 4.57 Å². The van der Waals surface area contributed by atoms with E-state index in [0.29, 0.717) is 0 Å². The van der Waals surface area contributed by atoms with E-state index in [0.717, 1.165) is 5.69 Å². The Hall–Kier alpha value is -7.26. The molecule has 0 spiro atoms. The van der Waals surface area contributed by atoms with Crippen LogP contribution in [-0.2, 0) is 0 Å². The highest BCUT2D eigenvalue weighted by atomic mass is 32.1. The third-order valence-corrected chi connectivity index (χ3v) is 13.2. The summed E-state index contributed by atoms with van der Waals surface area (Å²) in [4.78, 5) is 0. The van der Waals surface area contributed by atoms with Gasteiger partial charge in [-0.3, -0.25) is 0 Å². The molecule has 10 aromatic carbocycles. The first kappa shape index (κ1) is 32.9. The molecule has 0 unspecified atom stereocenters. The van der Waals surface area contributed by atoms with Crippen molar-refractivity contribution in [3.8, 4) is 50.2 Å². The average Bonchev–Trinajstić information content (AvgIpc) is 3.84. The zero-order chi connectivity index (χ0) is 38.2. The van der Waals surface area contributed by atoms with Crippen molar-refractivity contribution < 1.29 is 0 Å². The van der Waals surface area contributed by atoms with E-state index in [2.05, 4.69) is 217 Å². The molecule has 12 rings (SSSR count). The highest BCUT2D eigenvalue weighted by molar-refractivity contribution is 7.26. The lowest BCUT2D eigenvalue weighted by Gasteiger charge is -2.18. The number of aromatic nitrogens is 1. The predicted molar refractivity (Wildman–Crippen MR) is 250 cm³/mol. The lowest BCUT2D eigenvalue weighted by molar-refractivity contribution is 1.18. The Labute approximate surface area is 340 Å². The second-order valence-corrected chi connectivity index (χ2v) is 16.3. The van der Waals surface area contributed by atoms with Gasteiger partial charge in [0.05, 0.1) is 11.0 Å². The molecule has 0 saturated carbocycles. The van der Waals surface area contributed by atoms with Gasteiger partial charge in [0.25, 0.3) is 0 Å². The van der Waals surface area contributed by atoms with Crippen LogP contribution >= 0.6 is 11.3 Å². The van der Waals surface area contributed by atoms with Crippen LogP contribution in [0.5, 0.6) is 0 Å². The summed E-state index contributed by atoms with van der Waals surface area (Å²) in [6.45, 7) is 0. The maximum Gasteiger partial charge on any atom is 0.0541 e. The smallest absolute Gasteiger partial charge is 0.0541 e. The summed E-state index contributed by atoms with van der Waals surface area (Å²) < 4.78 is 5.11. The molecule has 0 fully saturated rings. The summed E-state index contributed by atoms with van der Waals surface area (Å²) in [6, 6.07) is 78.1. The molecule has 0 aliphatic rings. The van der Waals surface area contributed by atoms with Gasteiger partial charge in [0.2, 0.25) is 0 Å². The molecule has 0 atom stereocenters. The largest absolute Gasteiger partial charge is 0.309 e. The average molecular weight is 754 g/mol. The van der Waals surface area contributed by atoms with E-state index in [1.807, 2.05) is 11.3 Å². The SMILES string of the molecule is c1ccc(-c2ccc3c(c2)c2cc(-c4cccc5c4sc4ccccc45)ccc2n3-c2ccc(-c3c4ccccc4c(-c4ccccc4)c4ccccc34)cc2)cc1. The number of benzene rings is 10. The van der Waals surface area contributed by atoms with E-state index in [1.165, 1.54) is 108 Å². The van der Waals surface area contributed by atoms with Gasteiger partial charge in [-0.15, -0.1) is 11.3 Å². The fraction of sp³-hybridized carbons (Fsp3) is 0. The zero-order valence-electron chi connectivity index (χ0n) is 31.6. The molecule has 0 amide bonds. The minimum Gasteiger partial charge on any atom is -0.309 e. The minimum absolute atomic E-state index is 1.14. The first-order valence-corrected chi connectivity index (χ1v) is 20.7. The molecule has 0 aliphatic carbocycles. The first-order chi connectivity index (χ1) is 28.8. The molecule has 58 heavy (non-hydrogen) atoms. The van der Waals surface area contributed by atoms with E-state index in [-0.39, 0.29) is 0 Å². The van der Waals surface area contributed by atoms with Gasteiger partial charge in [-0.05, 0) is 109 Å². The Morgan fingerprint density at radius 3 is 1.38 bits per heavy atom. The molecular formula is C56H35NS. The number of hydrogen-bond donors (Lipinski definition) is 0. The van der Waals surface area contributed by atoms with Crippen LogP contribution in [0.3, 0.4) is 0 Å². The number of hydrogen-bond acceptors (Lipinski definition) is 1. The van der Waals surface area contributed by atoms with E-state index in [9.17, 15) is 0 Å². The Kier molecular flexibility index (Phi) is 7.47. The van der Waals surface area contributed by atoms with Crippen molar-refractivity contribution in [2.75, 3.05) is 0 Å². The van der Waals surface area contributed by atoms with Crippen LogP contribution in [0.25, 0.3) is 114 Å². The number of thiophene rings is 1. The molecule has 2 heteroatoms. The molecule has 0 aliphatic heterocycles. The van der Waals surface area contributed by atoms with Crippen molar-refractivity contribution in [1.29, 1.82) is 0 Å². The lowest BCUT2D eigenvalue weighted by Crippen LogP contribution is -1.95. The molecule has 12 aromatic rings. The quantitative estimate of drug-likeness (QED) is 0.154. The van der Waals surface area contributed by atoms with Gasteiger partial charge in [0, 0.05) is 36.6 Å². The van der Waals surface area contributed by atoms with Gasteiger partial charge >= 0.3 is 0 Å². The highest BCUT2D eigenvalue weighted by Gasteiger charge is 2.19. The van der Waals surface area contributed by atoms with Gasteiger partial charge in [-0.2, -0.15) is 0 Å². The molecule has 0 bridgehead atoms. The summed E-state index contributed by atoms with van der Waals surface area (Å²) >= 11 is 1.89. The second-order valence-electron chi connectivity index (χ2n) is 15.2. The summed E-state index contributed by atoms with van der Waals surface area (Å²) in [7, 11) is 0. The Bertz CT molecular complexity index is 3480. The Morgan fingerprint density at radius 2 is 0.759 bits per heavy atom. The maximum atomic E-state index is 2.45. The van der Waals surface area contributed by atoms with Crippen molar-refractivity contribution in [2.45, 2.75) is 0 Å². The van der Waals surface area contributed by atoms with Gasteiger partial charge in [-0.25, -0.2) is 0 Å². The van der Waals surface area contributed by atoms with Gasteiger partial charge < -0.3 is 4.57 Å². The predicted octanol–water partition coefficient (Wildman–Crippen LogP) is 16.1. The molecule has 0 N–H and O–H groups in total. The van der Waals surface area contributed by atoms with Gasteiger partial charge in [-0.1, -0.05) is 170 Å². The van der Waals surface area contributed by atoms with Gasteiger partial charge in [0.1, 0.15) is 0 Å². The van der Waals surface area contributed by atoms with E-state index in [1.54, 1.807) is 0 Å². The van der Waals surface area contributed by atoms with Crippen molar-refractivity contribution in [1.82, 2.24) is 4.57 Å². The number of fused-ring (bicyclic) bond motifs is 8. The summed E-state index contributed by atoms with van der Waals surface area (Å²) in [6.07, 6.45) is 0. The fourth-order valence-corrected chi connectivity index (χ4v) is 10.6. The number of nitrogens with zero attached hydrogens (tertiary/aromatic N) is 1. The number of rotatable bonds is 5. The third kappa shape index (κ3) is 5.09. The van der Waals surface area contributed by atoms with Crippen LogP contribution in [0.1, 0.15) is 0 Å². The molecule has 2 heterocycles. The van der Waals surface area contributed by atoms with Crippen molar-refractivity contribution in [3.05, 3.63) is 212 Å². The van der Waals surface area contributed by atoms with Crippen LogP contribution < -0.4 is 0 Å². The van der Waals surface area contributed by atoms with Gasteiger partial charge in [0.15, 0.2) is 0 Å². The van der Waals surface area contributed by atoms with Crippen LogP contribution in [0.4, 0.5) is 0 Å². The summed E-state index contributed by atoms with van der Waals surface area (Å²) in [5.41, 5.74) is 13.5. The zero-order valence-corrected chi connectivity index (χ0v) is 32.4. The highest BCUT2D eigenvalue weighted by Crippen LogP contribution is 2.45. The Morgan fingerprint density at radius 1 is 0.293 bits per heavy atom. The van der Waals surface area contributed by atoms with E-state index in [4.69, 9.17) is 0 Å². The molecular weight excluding hydrogens is 719 g/mol. The van der Waals surface area contributed by atoms with Crippen LogP contribution in [0.2, 0.25) is 0 Å². The normalized spacial score (nSPS) is 11.8. The second kappa shape index (κ2) is 13.2. The monoisotopic (exact) mass is 753 g/mol. The topological polar surface area (TPSA) is 4.93 Å². The summed E-state index contributed by atoms with van der Waals surface area (Å²) in [5, 5.41) is 10.2. The third-order valence-electron chi connectivity index (χ3n) is 12.0. The molecule has 0 saturated heterocycles. The van der Waals surface area contributed by atoms with Crippen LogP contribution in [0, 0.1) is 0 Å². The van der Waals surface area contributed by atoms with E-state index >= 15 is 0 Å². The van der Waals surface area contributed by atoms with Crippen LogP contribution in [0.15, 0.2) is 212 Å². The molecule has 0 radical (unpaired) electrons. The molecule has 2 aromatic heterocycles. The Balaban J connectivity index is 1.06. The molecule has 1 nitrogen and oxygen atoms in total. The van der Waals surface area contributed by atoms with Crippen molar-refractivity contribution in [2.24, 2.45) is 0 Å². The molecule has 270 valence electrons. The standard InChI is InChI=1S/C56H35NS/c1-3-14-36(15-4-1)39-28-32-51-49(34-39)50-35-40(42-23-13-24-48-43-18-11-12-25-53(43)58-56(42)48)29-33-52(50)57(51)41-30-26-38(27-31-41)55-46-21-9-7-19-44(46)54(37-16-5-2-6-17-37)45-20-8-10-22-47(45)55/h1-35H. The first-order valence-electron chi connectivity index (χ1n) is 19.9. The summed E-state index contributed by atoms with van der Waals surface area (Å²) in [5.74, 6) is 0. The maximum absolute atomic E-state index is 2.45. The van der Waals surface area contributed by atoms with Crippen molar-refractivity contribution >= 4 is 74.9 Å². The fourth-order valence-electron chi connectivity index (χ4n) is 9.39. The minimum atomic E-state index is 1.14. The van der Waals surface area contributed by atoms with Crippen molar-refractivity contribution in [3.63, 3.8) is 0 Å².